The van der Waals surface area contributed by atoms with Crippen molar-refractivity contribution in [3.05, 3.63) is 36.5 Å². The lowest BCUT2D eigenvalue weighted by molar-refractivity contribution is 0.364. The van der Waals surface area contributed by atoms with Gasteiger partial charge in [-0.1, -0.05) is 19.0 Å². The first-order valence-corrected chi connectivity index (χ1v) is 6.97. The Labute approximate surface area is 122 Å². The van der Waals surface area contributed by atoms with E-state index in [0.29, 0.717) is 24.2 Å². The second-order valence-electron chi connectivity index (χ2n) is 5.30. The third-order valence-electron chi connectivity index (χ3n) is 3.02. The Morgan fingerprint density at radius 1 is 1.14 bits per heavy atom. The van der Waals surface area contributed by atoms with E-state index in [4.69, 9.17) is 4.52 Å². The summed E-state index contributed by atoms with van der Waals surface area (Å²) in [6.07, 6.45) is 3.35. The zero-order valence-electron chi connectivity index (χ0n) is 12.1. The molecule has 0 bridgehead atoms. The Morgan fingerprint density at radius 3 is 2.76 bits per heavy atom. The maximum absolute atomic E-state index is 5.25. The Hall–Kier alpha value is -2.34. The molecule has 6 heteroatoms. The van der Waals surface area contributed by atoms with E-state index in [1.165, 1.54) is 0 Å². The van der Waals surface area contributed by atoms with Gasteiger partial charge in [-0.2, -0.15) is 4.98 Å². The molecule has 0 radical (unpaired) electrons. The minimum atomic E-state index is 0.573. The molecule has 6 nitrogen and oxygen atoms in total. The van der Waals surface area contributed by atoms with Crippen molar-refractivity contribution in [3.8, 4) is 11.4 Å². The molecule has 3 aromatic rings. The zero-order valence-corrected chi connectivity index (χ0v) is 12.1. The lowest BCUT2D eigenvalue weighted by Gasteiger charge is -2.03. The number of benzene rings is 1. The molecule has 1 aromatic carbocycles. The molecule has 3 rings (SSSR count). The van der Waals surface area contributed by atoms with Gasteiger partial charge in [-0.15, -0.1) is 0 Å². The van der Waals surface area contributed by atoms with Gasteiger partial charge in [0.2, 0.25) is 11.7 Å². The van der Waals surface area contributed by atoms with Crippen molar-refractivity contribution < 1.29 is 4.52 Å². The molecule has 0 atom stereocenters. The summed E-state index contributed by atoms with van der Waals surface area (Å²) in [5, 5.41) is 7.29. The van der Waals surface area contributed by atoms with Crippen molar-refractivity contribution in [1.82, 2.24) is 25.4 Å². The van der Waals surface area contributed by atoms with Gasteiger partial charge in [0.05, 0.1) is 17.6 Å². The number of aromatic nitrogens is 4. The van der Waals surface area contributed by atoms with E-state index in [9.17, 15) is 0 Å². The third kappa shape index (κ3) is 3.22. The second kappa shape index (κ2) is 5.97. The van der Waals surface area contributed by atoms with Gasteiger partial charge in [-0.05, 0) is 30.7 Å². The van der Waals surface area contributed by atoms with Crippen molar-refractivity contribution in [2.24, 2.45) is 5.92 Å². The van der Waals surface area contributed by atoms with Crippen LogP contribution in [0.2, 0.25) is 0 Å². The lowest BCUT2D eigenvalue weighted by atomic mass is 10.2. The molecule has 0 amide bonds. The van der Waals surface area contributed by atoms with Crippen LogP contribution in [0.4, 0.5) is 0 Å². The van der Waals surface area contributed by atoms with Gasteiger partial charge < -0.3 is 9.84 Å². The molecule has 0 fully saturated rings. The molecule has 1 N–H and O–H groups in total. The highest BCUT2D eigenvalue weighted by Gasteiger charge is 2.09. The Kier molecular flexibility index (Phi) is 3.87. The van der Waals surface area contributed by atoms with Crippen LogP contribution >= 0.6 is 0 Å². The highest BCUT2D eigenvalue weighted by molar-refractivity contribution is 5.79. The van der Waals surface area contributed by atoms with Gasteiger partial charge in [0.1, 0.15) is 0 Å². The van der Waals surface area contributed by atoms with Gasteiger partial charge in [-0.25, -0.2) is 0 Å². The predicted molar refractivity (Wildman–Crippen MR) is 79.4 cm³/mol. The number of rotatable bonds is 5. The van der Waals surface area contributed by atoms with Gasteiger partial charge in [0.15, 0.2) is 0 Å². The smallest absolute Gasteiger partial charge is 0.240 e. The molecule has 108 valence electrons. The molecule has 0 saturated carbocycles. The first kappa shape index (κ1) is 13.6. The largest absolute Gasteiger partial charge is 0.338 e. The van der Waals surface area contributed by atoms with Crippen molar-refractivity contribution in [2.75, 3.05) is 6.54 Å². The number of fused-ring (bicyclic) bond motifs is 1. The average molecular weight is 283 g/mol. The Balaban J connectivity index is 1.77. The van der Waals surface area contributed by atoms with E-state index in [2.05, 4.69) is 39.3 Å². The SMILES string of the molecule is CC(C)CNCc1nc(-c2ccc3nccnc3c2)no1. The monoisotopic (exact) mass is 283 g/mol. The molecule has 0 saturated heterocycles. The third-order valence-corrected chi connectivity index (χ3v) is 3.02. The first-order chi connectivity index (χ1) is 10.2. The fourth-order valence-corrected chi connectivity index (χ4v) is 2.01. The van der Waals surface area contributed by atoms with Crippen molar-refractivity contribution in [3.63, 3.8) is 0 Å². The summed E-state index contributed by atoms with van der Waals surface area (Å²) < 4.78 is 5.25. The molecule has 0 spiro atoms. The molecule has 0 aliphatic rings. The maximum Gasteiger partial charge on any atom is 0.240 e. The average Bonchev–Trinajstić information content (AvgIpc) is 2.95. The summed E-state index contributed by atoms with van der Waals surface area (Å²) in [7, 11) is 0. The Bertz CT molecular complexity index is 738. The second-order valence-corrected chi connectivity index (χ2v) is 5.30. The van der Waals surface area contributed by atoms with E-state index in [-0.39, 0.29) is 0 Å². The zero-order chi connectivity index (χ0) is 14.7. The van der Waals surface area contributed by atoms with Crippen LogP contribution in [-0.4, -0.2) is 26.7 Å². The van der Waals surface area contributed by atoms with Gasteiger partial charge in [0, 0.05) is 18.0 Å². The van der Waals surface area contributed by atoms with Crippen LogP contribution < -0.4 is 5.32 Å². The molecule has 0 aliphatic carbocycles. The first-order valence-electron chi connectivity index (χ1n) is 6.97. The molecule has 0 unspecified atom stereocenters. The van der Waals surface area contributed by atoms with Gasteiger partial charge in [-0.3, -0.25) is 9.97 Å². The van der Waals surface area contributed by atoms with E-state index in [1.807, 2.05) is 18.2 Å². The highest BCUT2D eigenvalue weighted by Crippen LogP contribution is 2.19. The summed E-state index contributed by atoms with van der Waals surface area (Å²) in [6, 6.07) is 5.75. The summed E-state index contributed by atoms with van der Waals surface area (Å²) in [6.45, 7) is 5.81. The summed E-state index contributed by atoms with van der Waals surface area (Å²) in [5.74, 6) is 1.75. The summed E-state index contributed by atoms with van der Waals surface area (Å²) in [5.41, 5.74) is 2.55. The molecule has 0 aliphatic heterocycles. The van der Waals surface area contributed by atoms with E-state index < -0.39 is 0 Å². The fraction of sp³-hybridized carbons (Fsp3) is 0.333. The predicted octanol–water partition coefficient (Wildman–Crippen LogP) is 2.43. The van der Waals surface area contributed by atoms with Crippen LogP contribution in [0, 0.1) is 5.92 Å². The number of nitrogens with one attached hydrogen (secondary N) is 1. The topological polar surface area (TPSA) is 76.7 Å². The molecular weight excluding hydrogens is 266 g/mol. The van der Waals surface area contributed by atoms with E-state index in [1.54, 1.807) is 12.4 Å². The van der Waals surface area contributed by atoms with E-state index >= 15 is 0 Å². The quantitative estimate of drug-likeness (QED) is 0.775. The molecular formula is C15H17N5O. The number of hydrogen-bond donors (Lipinski definition) is 1. The van der Waals surface area contributed by atoms with Crippen LogP contribution in [0.3, 0.4) is 0 Å². The summed E-state index contributed by atoms with van der Waals surface area (Å²) >= 11 is 0. The standard InChI is InChI=1S/C15H17N5O/c1-10(2)8-16-9-14-19-15(20-21-14)11-3-4-12-13(7-11)18-6-5-17-12/h3-7,10,16H,8-9H2,1-2H3. The lowest BCUT2D eigenvalue weighted by Crippen LogP contribution is -2.19. The Morgan fingerprint density at radius 2 is 1.95 bits per heavy atom. The normalized spacial score (nSPS) is 11.4. The molecule has 21 heavy (non-hydrogen) atoms. The molecule has 2 heterocycles. The minimum absolute atomic E-state index is 0.573. The van der Waals surface area contributed by atoms with Crippen molar-refractivity contribution >= 4 is 11.0 Å². The highest BCUT2D eigenvalue weighted by atomic mass is 16.5. The molecule has 2 aromatic heterocycles. The number of hydrogen-bond acceptors (Lipinski definition) is 6. The van der Waals surface area contributed by atoms with Crippen LogP contribution in [0.25, 0.3) is 22.4 Å². The van der Waals surface area contributed by atoms with Crippen LogP contribution in [-0.2, 0) is 6.54 Å². The summed E-state index contributed by atoms with van der Waals surface area (Å²) in [4.78, 5) is 12.9. The van der Waals surface area contributed by atoms with Crippen LogP contribution in [0.1, 0.15) is 19.7 Å². The maximum atomic E-state index is 5.25. The van der Waals surface area contributed by atoms with Gasteiger partial charge in [0.25, 0.3) is 0 Å². The fourth-order valence-electron chi connectivity index (χ4n) is 2.01. The van der Waals surface area contributed by atoms with E-state index in [0.717, 1.165) is 23.1 Å². The van der Waals surface area contributed by atoms with Crippen molar-refractivity contribution in [2.45, 2.75) is 20.4 Å². The van der Waals surface area contributed by atoms with Crippen molar-refractivity contribution in [1.29, 1.82) is 0 Å². The van der Waals surface area contributed by atoms with Crippen LogP contribution in [0.15, 0.2) is 35.1 Å². The number of nitrogens with zero attached hydrogens (tertiary/aromatic N) is 4. The van der Waals surface area contributed by atoms with Gasteiger partial charge >= 0.3 is 0 Å². The van der Waals surface area contributed by atoms with Crippen LogP contribution in [0.5, 0.6) is 0 Å². The minimum Gasteiger partial charge on any atom is -0.338 e.